The van der Waals surface area contributed by atoms with Crippen LogP contribution in [-0.2, 0) is 10.0 Å². The molecule has 0 bridgehead atoms. The van der Waals surface area contributed by atoms with E-state index in [9.17, 15) is 8.42 Å². The molecule has 0 saturated heterocycles. The molecule has 0 radical (unpaired) electrons. The van der Waals surface area contributed by atoms with E-state index < -0.39 is 10.0 Å². The lowest BCUT2D eigenvalue weighted by molar-refractivity contribution is 0.522. The second kappa shape index (κ2) is 19.7. The third-order valence-corrected chi connectivity index (χ3v) is 6.14. The molecule has 0 aromatic rings. The Kier molecular flexibility index (Phi) is 19.6. The van der Waals surface area contributed by atoms with Gasteiger partial charge in [-0.15, -0.1) is 0 Å². The zero-order valence-electron chi connectivity index (χ0n) is 17.7. The van der Waals surface area contributed by atoms with Crippen molar-refractivity contribution in [2.24, 2.45) is 5.14 Å². The Morgan fingerprint density at radius 2 is 0.692 bits per heavy atom. The molecular formula is C22H47NO2S. The minimum absolute atomic E-state index is 0.145. The van der Waals surface area contributed by atoms with Gasteiger partial charge in [0.1, 0.15) is 0 Å². The largest absolute Gasteiger partial charge is 0.229 e. The maximum absolute atomic E-state index is 10.8. The average molecular weight is 390 g/mol. The van der Waals surface area contributed by atoms with Crippen molar-refractivity contribution in [2.45, 2.75) is 135 Å². The van der Waals surface area contributed by atoms with E-state index in [1.54, 1.807) is 0 Å². The molecule has 0 aromatic heterocycles. The first-order valence-corrected chi connectivity index (χ1v) is 13.3. The summed E-state index contributed by atoms with van der Waals surface area (Å²) in [5.74, 6) is 0.145. The Morgan fingerprint density at radius 1 is 0.462 bits per heavy atom. The summed E-state index contributed by atoms with van der Waals surface area (Å²) in [5, 5.41) is 4.99. The van der Waals surface area contributed by atoms with Crippen LogP contribution in [0, 0.1) is 0 Å². The molecule has 0 unspecified atom stereocenters. The number of primary sulfonamides is 1. The SMILES string of the molecule is CCCCCCCCCCCCCCCCCCCCCCS(N)(=O)=O. The molecule has 2 N–H and O–H groups in total. The highest BCUT2D eigenvalue weighted by Gasteiger charge is 2.01. The second-order valence-electron chi connectivity index (χ2n) is 8.08. The second-order valence-corrected chi connectivity index (χ2v) is 9.82. The standard InChI is InChI=1S/C22H47NO2S/c1-2-3-4-5-6-7-8-9-10-11-12-13-14-15-16-17-18-19-20-21-22-26(23,24)25/h2-22H2,1H3,(H2,23,24,25). The van der Waals surface area contributed by atoms with Crippen LogP contribution < -0.4 is 5.14 Å². The topological polar surface area (TPSA) is 60.2 Å². The molecule has 0 heterocycles. The van der Waals surface area contributed by atoms with Crippen molar-refractivity contribution < 1.29 is 8.42 Å². The predicted octanol–water partition coefficient (Wildman–Crippen LogP) is 7.10. The summed E-state index contributed by atoms with van der Waals surface area (Å²) >= 11 is 0. The van der Waals surface area contributed by atoms with Crippen LogP contribution in [0.25, 0.3) is 0 Å². The van der Waals surface area contributed by atoms with E-state index in [2.05, 4.69) is 6.92 Å². The Bertz CT molecular complexity index is 368. The zero-order valence-corrected chi connectivity index (χ0v) is 18.5. The van der Waals surface area contributed by atoms with Crippen LogP contribution in [-0.4, -0.2) is 14.2 Å². The van der Waals surface area contributed by atoms with Crippen LogP contribution in [0.5, 0.6) is 0 Å². The summed E-state index contributed by atoms with van der Waals surface area (Å²) in [5.41, 5.74) is 0. The van der Waals surface area contributed by atoms with E-state index in [0.29, 0.717) is 0 Å². The molecule has 0 fully saturated rings. The average Bonchev–Trinajstić information content (AvgIpc) is 2.59. The van der Waals surface area contributed by atoms with Gasteiger partial charge < -0.3 is 0 Å². The minimum Gasteiger partial charge on any atom is -0.229 e. The quantitative estimate of drug-likeness (QED) is 0.213. The molecule has 0 atom stereocenters. The van der Waals surface area contributed by atoms with Crippen molar-refractivity contribution in [1.82, 2.24) is 0 Å². The van der Waals surface area contributed by atoms with E-state index in [4.69, 9.17) is 5.14 Å². The van der Waals surface area contributed by atoms with Crippen LogP contribution >= 0.6 is 0 Å². The minimum atomic E-state index is -3.25. The van der Waals surface area contributed by atoms with Gasteiger partial charge in [0.25, 0.3) is 0 Å². The summed E-state index contributed by atoms with van der Waals surface area (Å²) in [6.45, 7) is 2.28. The first-order valence-electron chi connectivity index (χ1n) is 11.6. The molecule has 3 nitrogen and oxygen atoms in total. The summed E-state index contributed by atoms with van der Waals surface area (Å²) in [6.07, 6.45) is 26.6. The van der Waals surface area contributed by atoms with Crippen LogP contribution in [0.4, 0.5) is 0 Å². The number of sulfonamides is 1. The fourth-order valence-corrected chi connectivity index (χ4v) is 4.16. The summed E-state index contributed by atoms with van der Waals surface area (Å²) in [4.78, 5) is 0. The van der Waals surface area contributed by atoms with Gasteiger partial charge in [-0.3, -0.25) is 0 Å². The van der Waals surface area contributed by atoms with Gasteiger partial charge in [-0.25, -0.2) is 13.6 Å². The van der Waals surface area contributed by atoms with Crippen LogP contribution in [0.1, 0.15) is 135 Å². The molecule has 0 aromatic carbocycles. The van der Waals surface area contributed by atoms with Gasteiger partial charge in [-0.1, -0.05) is 129 Å². The lowest BCUT2D eigenvalue weighted by Crippen LogP contribution is -2.16. The van der Waals surface area contributed by atoms with Gasteiger partial charge in [0.05, 0.1) is 5.75 Å². The predicted molar refractivity (Wildman–Crippen MR) is 116 cm³/mol. The first-order chi connectivity index (χ1) is 12.6. The molecule has 26 heavy (non-hydrogen) atoms. The maximum atomic E-state index is 10.8. The van der Waals surface area contributed by atoms with E-state index in [1.807, 2.05) is 0 Å². The maximum Gasteiger partial charge on any atom is 0.209 e. The molecule has 0 rings (SSSR count). The molecule has 0 aliphatic heterocycles. The molecule has 0 saturated carbocycles. The molecule has 4 heteroatoms. The molecule has 158 valence electrons. The van der Waals surface area contributed by atoms with Gasteiger partial charge in [0, 0.05) is 0 Å². The van der Waals surface area contributed by atoms with Crippen LogP contribution in [0.2, 0.25) is 0 Å². The van der Waals surface area contributed by atoms with Crippen molar-refractivity contribution in [3.63, 3.8) is 0 Å². The van der Waals surface area contributed by atoms with Gasteiger partial charge in [-0.2, -0.15) is 0 Å². The van der Waals surface area contributed by atoms with E-state index in [0.717, 1.165) is 19.3 Å². The normalized spacial score (nSPS) is 11.9. The lowest BCUT2D eigenvalue weighted by atomic mass is 10.0. The molecular weight excluding hydrogens is 342 g/mol. The smallest absolute Gasteiger partial charge is 0.209 e. The van der Waals surface area contributed by atoms with Crippen molar-refractivity contribution in [3.05, 3.63) is 0 Å². The van der Waals surface area contributed by atoms with Crippen molar-refractivity contribution in [2.75, 3.05) is 5.75 Å². The van der Waals surface area contributed by atoms with Gasteiger partial charge in [0.15, 0.2) is 0 Å². The van der Waals surface area contributed by atoms with Crippen molar-refractivity contribution in [1.29, 1.82) is 0 Å². The van der Waals surface area contributed by atoms with Gasteiger partial charge in [-0.05, 0) is 6.42 Å². The first kappa shape index (κ1) is 25.9. The monoisotopic (exact) mass is 389 g/mol. The summed E-state index contributed by atoms with van der Waals surface area (Å²) in [6, 6.07) is 0. The lowest BCUT2D eigenvalue weighted by Gasteiger charge is -2.04. The summed E-state index contributed by atoms with van der Waals surface area (Å²) < 4.78 is 21.6. The van der Waals surface area contributed by atoms with Crippen molar-refractivity contribution >= 4 is 10.0 Å². The van der Waals surface area contributed by atoms with E-state index >= 15 is 0 Å². The van der Waals surface area contributed by atoms with Gasteiger partial charge in [0.2, 0.25) is 10.0 Å². The van der Waals surface area contributed by atoms with E-state index in [-0.39, 0.29) is 5.75 Å². The van der Waals surface area contributed by atoms with Crippen molar-refractivity contribution in [3.8, 4) is 0 Å². The van der Waals surface area contributed by atoms with Gasteiger partial charge >= 0.3 is 0 Å². The zero-order chi connectivity index (χ0) is 19.3. The molecule has 0 amide bonds. The highest BCUT2D eigenvalue weighted by molar-refractivity contribution is 7.89. The van der Waals surface area contributed by atoms with Crippen LogP contribution in [0.15, 0.2) is 0 Å². The third kappa shape index (κ3) is 23.9. The Hall–Kier alpha value is -0.0900. The molecule has 0 spiro atoms. The number of nitrogens with two attached hydrogens (primary N) is 1. The Morgan fingerprint density at radius 3 is 0.923 bits per heavy atom. The fraction of sp³-hybridized carbons (Fsp3) is 1.00. The number of unbranched alkanes of at least 4 members (excludes halogenated alkanes) is 19. The number of hydrogen-bond acceptors (Lipinski definition) is 2. The van der Waals surface area contributed by atoms with E-state index in [1.165, 1.54) is 109 Å². The Balaban J connectivity index is 3.03. The van der Waals surface area contributed by atoms with Crippen LogP contribution in [0.3, 0.4) is 0 Å². The highest BCUT2D eigenvalue weighted by atomic mass is 32.2. The number of hydrogen-bond donors (Lipinski definition) is 1. The summed E-state index contributed by atoms with van der Waals surface area (Å²) in [7, 11) is -3.25. The Labute approximate surface area is 165 Å². The third-order valence-electron chi connectivity index (χ3n) is 5.28. The number of rotatable bonds is 21. The fourth-order valence-electron chi connectivity index (χ4n) is 3.56. The highest BCUT2D eigenvalue weighted by Crippen LogP contribution is 2.14. The molecule has 0 aliphatic rings. The molecule has 0 aliphatic carbocycles.